The molecule has 1 heterocycles. The van der Waals surface area contributed by atoms with E-state index in [-0.39, 0.29) is 5.83 Å². The number of likely N-dealkylation sites (tertiary alicyclic amines) is 1. The number of rotatable bonds is 2. The molecule has 0 aromatic carbocycles. The van der Waals surface area contributed by atoms with Gasteiger partial charge in [-0.2, -0.15) is 0 Å². The molecule has 1 aliphatic heterocycles. The van der Waals surface area contributed by atoms with Crippen molar-refractivity contribution in [1.82, 2.24) is 4.90 Å². The van der Waals surface area contributed by atoms with Crippen molar-refractivity contribution in [2.75, 3.05) is 19.6 Å². The van der Waals surface area contributed by atoms with E-state index in [2.05, 4.69) is 17.9 Å². The monoisotopic (exact) mass is 208 g/mol. The Bertz CT molecular complexity index is 272. The third kappa shape index (κ3) is 2.49. The molecular formula is C13H19FN. The van der Waals surface area contributed by atoms with Crippen molar-refractivity contribution in [3.63, 3.8) is 0 Å². The van der Waals surface area contributed by atoms with E-state index in [1.54, 1.807) is 6.42 Å². The van der Waals surface area contributed by atoms with E-state index in [9.17, 15) is 4.39 Å². The van der Waals surface area contributed by atoms with Gasteiger partial charge in [-0.05, 0) is 50.4 Å². The van der Waals surface area contributed by atoms with Crippen LogP contribution in [0.3, 0.4) is 0 Å². The average Bonchev–Trinajstić information content (AvgIpc) is 2.30. The van der Waals surface area contributed by atoms with Crippen LogP contribution in [-0.2, 0) is 0 Å². The molecule has 2 aliphatic rings. The highest BCUT2D eigenvalue weighted by Gasteiger charge is 2.23. The summed E-state index contributed by atoms with van der Waals surface area (Å²) in [7, 11) is 0. The highest BCUT2D eigenvalue weighted by molar-refractivity contribution is 5.33. The van der Waals surface area contributed by atoms with Gasteiger partial charge in [-0.25, -0.2) is 4.39 Å². The molecule has 1 nitrogen and oxygen atoms in total. The van der Waals surface area contributed by atoms with Gasteiger partial charge in [0.25, 0.3) is 0 Å². The van der Waals surface area contributed by atoms with Crippen LogP contribution in [0.1, 0.15) is 26.2 Å². The minimum Gasteiger partial charge on any atom is -0.304 e. The quantitative estimate of drug-likeness (QED) is 0.674. The maximum Gasteiger partial charge on any atom is 0.107 e. The third-order valence-corrected chi connectivity index (χ3v) is 3.48. The highest BCUT2D eigenvalue weighted by Crippen LogP contribution is 2.31. The Morgan fingerprint density at radius 1 is 1.40 bits per heavy atom. The summed E-state index contributed by atoms with van der Waals surface area (Å²) in [5.41, 5.74) is 0.942. The molecule has 0 atom stereocenters. The molecule has 1 aliphatic carbocycles. The Kier molecular flexibility index (Phi) is 3.57. The van der Waals surface area contributed by atoms with Crippen molar-refractivity contribution >= 4 is 0 Å². The fourth-order valence-corrected chi connectivity index (χ4v) is 2.46. The lowest BCUT2D eigenvalue weighted by atomic mass is 9.86. The number of halogens is 1. The average molecular weight is 208 g/mol. The first kappa shape index (κ1) is 10.9. The highest BCUT2D eigenvalue weighted by atomic mass is 19.1. The van der Waals surface area contributed by atoms with E-state index in [0.29, 0.717) is 5.92 Å². The van der Waals surface area contributed by atoms with Gasteiger partial charge in [-0.15, -0.1) is 0 Å². The zero-order valence-corrected chi connectivity index (χ0v) is 9.38. The van der Waals surface area contributed by atoms with Crippen LogP contribution >= 0.6 is 0 Å². The summed E-state index contributed by atoms with van der Waals surface area (Å²) in [4.78, 5) is 2.44. The molecule has 0 N–H and O–H groups in total. The lowest BCUT2D eigenvalue weighted by Gasteiger charge is -2.32. The fourth-order valence-electron chi connectivity index (χ4n) is 2.46. The molecule has 0 saturated carbocycles. The van der Waals surface area contributed by atoms with Crippen LogP contribution < -0.4 is 0 Å². The van der Waals surface area contributed by atoms with E-state index in [1.807, 2.05) is 6.08 Å². The molecule has 15 heavy (non-hydrogen) atoms. The van der Waals surface area contributed by atoms with Crippen molar-refractivity contribution in [2.45, 2.75) is 26.2 Å². The number of nitrogens with zero attached hydrogens (tertiary/aromatic N) is 1. The van der Waals surface area contributed by atoms with E-state index < -0.39 is 0 Å². The zero-order valence-electron chi connectivity index (χ0n) is 9.38. The van der Waals surface area contributed by atoms with Crippen molar-refractivity contribution < 1.29 is 4.39 Å². The van der Waals surface area contributed by atoms with Gasteiger partial charge in [-0.3, -0.25) is 0 Å². The van der Waals surface area contributed by atoms with Gasteiger partial charge in [0.15, 0.2) is 0 Å². The van der Waals surface area contributed by atoms with Crippen molar-refractivity contribution in [1.29, 1.82) is 0 Å². The first-order valence-corrected chi connectivity index (χ1v) is 5.93. The Balaban J connectivity index is 1.98. The Hall–Kier alpha value is -0.630. The predicted octanol–water partition coefficient (Wildman–Crippen LogP) is 3.11. The number of hydrogen-bond donors (Lipinski definition) is 0. The number of hydrogen-bond acceptors (Lipinski definition) is 1. The van der Waals surface area contributed by atoms with Crippen molar-refractivity contribution in [2.24, 2.45) is 5.92 Å². The van der Waals surface area contributed by atoms with E-state index in [1.165, 1.54) is 0 Å². The van der Waals surface area contributed by atoms with Crippen molar-refractivity contribution in [3.8, 4) is 0 Å². The molecule has 2 heteroatoms. The minimum atomic E-state index is 0.0208. The van der Waals surface area contributed by atoms with E-state index in [0.717, 1.165) is 44.5 Å². The summed E-state index contributed by atoms with van der Waals surface area (Å²) in [6.07, 6.45) is 8.71. The first-order valence-electron chi connectivity index (χ1n) is 5.93. The van der Waals surface area contributed by atoms with Gasteiger partial charge >= 0.3 is 0 Å². The second kappa shape index (κ2) is 4.93. The van der Waals surface area contributed by atoms with Crippen molar-refractivity contribution in [3.05, 3.63) is 30.0 Å². The largest absolute Gasteiger partial charge is 0.304 e. The normalized spacial score (nSPS) is 24.9. The minimum absolute atomic E-state index is 0.0208. The molecule has 1 fully saturated rings. The Morgan fingerprint density at radius 2 is 2.13 bits per heavy atom. The summed E-state index contributed by atoms with van der Waals surface area (Å²) in [5.74, 6) is 0.466. The first-order chi connectivity index (χ1) is 7.31. The Labute approximate surface area is 91.7 Å². The SMILES string of the molecule is CCN1CCC(C2=C(F)[CH]CC=C2)CC1. The lowest BCUT2D eigenvalue weighted by Crippen LogP contribution is -2.34. The van der Waals surface area contributed by atoms with Crippen LogP contribution in [0.2, 0.25) is 0 Å². The standard InChI is InChI=1S/C13H19FN/c1-2-15-9-7-11(8-10-15)12-5-3-4-6-13(12)14/h3,5-6,11H,2,4,7-10H2,1H3. The van der Waals surface area contributed by atoms with Gasteiger partial charge in [0.2, 0.25) is 0 Å². The number of allylic oxidation sites excluding steroid dienone is 4. The molecule has 2 rings (SSSR count). The van der Waals surface area contributed by atoms with Crippen LogP contribution in [0, 0.1) is 12.3 Å². The molecular weight excluding hydrogens is 189 g/mol. The van der Waals surface area contributed by atoms with Gasteiger partial charge in [0.05, 0.1) is 0 Å². The van der Waals surface area contributed by atoms with Gasteiger partial charge < -0.3 is 4.90 Å². The summed E-state index contributed by atoms with van der Waals surface area (Å²) < 4.78 is 13.6. The van der Waals surface area contributed by atoms with Crippen LogP contribution in [0.5, 0.6) is 0 Å². The Morgan fingerprint density at radius 3 is 2.73 bits per heavy atom. The van der Waals surface area contributed by atoms with Gasteiger partial charge in [-0.1, -0.05) is 19.1 Å². The summed E-state index contributed by atoms with van der Waals surface area (Å²) >= 11 is 0. The molecule has 83 valence electrons. The van der Waals surface area contributed by atoms with Crippen LogP contribution in [0.15, 0.2) is 23.6 Å². The molecule has 0 bridgehead atoms. The van der Waals surface area contributed by atoms with E-state index in [4.69, 9.17) is 0 Å². The van der Waals surface area contributed by atoms with E-state index >= 15 is 0 Å². The topological polar surface area (TPSA) is 3.24 Å². The summed E-state index contributed by atoms with van der Waals surface area (Å²) in [6, 6.07) is 0. The maximum absolute atomic E-state index is 13.6. The smallest absolute Gasteiger partial charge is 0.107 e. The summed E-state index contributed by atoms with van der Waals surface area (Å²) in [5, 5.41) is 0. The molecule has 0 spiro atoms. The second-order valence-electron chi connectivity index (χ2n) is 4.35. The maximum atomic E-state index is 13.6. The fraction of sp³-hybridized carbons (Fsp3) is 0.615. The molecule has 1 saturated heterocycles. The van der Waals surface area contributed by atoms with Gasteiger partial charge in [0.1, 0.15) is 5.83 Å². The molecule has 0 aromatic rings. The third-order valence-electron chi connectivity index (χ3n) is 3.48. The summed E-state index contributed by atoms with van der Waals surface area (Å²) in [6.45, 7) is 5.54. The van der Waals surface area contributed by atoms with Crippen LogP contribution in [0.25, 0.3) is 0 Å². The van der Waals surface area contributed by atoms with Crippen LogP contribution in [0.4, 0.5) is 4.39 Å². The van der Waals surface area contributed by atoms with Gasteiger partial charge in [0, 0.05) is 6.42 Å². The molecule has 0 aromatic heterocycles. The lowest BCUT2D eigenvalue weighted by molar-refractivity contribution is 0.208. The zero-order chi connectivity index (χ0) is 10.7. The second-order valence-corrected chi connectivity index (χ2v) is 4.35. The molecule has 1 radical (unpaired) electrons. The predicted molar refractivity (Wildman–Crippen MR) is 61.0 cm³/mol. The van der Waals surface area contributed by atoms with Crippen LogP contribution in [-0.4, -0.2) is 24.5 Å². The number of piperidine rings is 1. The molecule has 0 unspecified atom stereocenters. The molecule has 0 amide bonds.